The number of carbonyl (C=O) groups excluding carboxylic acids is 1. The molecular formula is C22H23BrN8O. The van der Waals surface area contributed by atoms with Gasteiger partial charge >= 0.3 is 0 Å². The summed E-state index contributed by atoms with van der Waals surface area (Å²) in [5, 5.41) is 8.61. The molecule has 0 aliphatic carbocycles. The summed E-state index contributed by atoms with van der Waals surface area (Å²) in [5.41, 5.74) is 14.7. The molecule has 4 heterocycles. The Labute approximate surface area is 192 Å². The quantitative estimate of drug-likeness (QED) is 0.397. The number of nitrogens with two attached hydrogens (primary N) is 2. The number of benzene rings is 1. The second-order valence-corrected chi connectivity index (χ2v) is 8.82. The topological polar surface area (TPSA) is 127 Å². The van der Waals surface area contributed by atoms with Crippen molar-refractivity contribution in [1.82, 2.24) is 24.9 Å². The van der Waals surface area contributed by atoms with Gasteiger partial charge in [0.25, 0.3) is 0 Å². The molecule has 9 nitrogen and oxygen atoms in total. The number of nitrogen functional groups attached to an aromatic ring is 1. The number of aromatic nitrogens is 4. The largest absolute Gasteiger partial charge is 0.383 e. The van der Waals surface area contributed by atoms with Crippen molar-refractivity contribution >= 4 is 50.0 Å². The number of anilines is 2. The fourth-order valence-corrected chi connectivity index (χ4v) is 4.84. The van der Waals surface area contributed by atoms with Crippen molar-refractivity contribution in [1.29, 1.82) is 0 Å². The van der Waals surface area contributed by atoms with Crippen LogP contribution in [0.1, 0.15) is 12.8 Å². The lowest BCUT2D eigenvalue weighted by Crippen LogP contribution is -2.59. The number of hydrogen-bond donors (Lipinski definition) is 3. The summed E-state index contributed by atoms with van der Waals surface area (Å²) in [6.45, 7) is 1.23. The molecular weight excluding hydrogens is 472 g/mol. The molecule has 10 heteroatoms. The van der Waals surface area contributed by atoms with Gasteiger partial charge < -0.3 is 21.7 Å². The van der Waals surface area contributed by atoms with Gasteiger partial charge in [-0.2, -0.15) is 9.61 Å². The maximum atomic E-state index is 12.0. The number of fused-ring (bicyclic) bond motifs is 2. The lowest BCUT2D eigenvalue weighted by molar-refractivity contribution is -0.125. The first-order chi connectivity index (χ1) is 15.4. The van der Waals surface area contributed by atoms with E-state index in [1.165, 1.54) is 0 Å². The Bertz CT molecular complexity index is 1340. The van der Waals surface area contributed by atoms with E-state index in [0.29, 0.717) is 41.9 Å². The number of amides is 1. The molecule has 1 aliphatic rings. The summed E-state index contributed by atoms with van der Waals surface area (Å²) in [6, 6.07) is 10.0. The fourth-order valence-electron chi connectivity index (χ4n) is 4.33. The third kappa shape index (κ3) is 3.18. The van der Waals surface area contributed by atoms with E-state index in [0.717, 1.165) is 27.8 Å². The second kappa shape index (κ2) is 7.72. The monoisotopic (exact) mass is 494 g/mol. The lowest BCUT2D eigenvalue weighted by atomic mass is 9.87. The zero-order chi connectivity index (χ0) is 22.5. The molecule has 1 aliphatic heterocycles. The van der Waals surface area contributed by atoms with Crippen LogP contribution < -0.4 is 21.7 Å². The van der Waals surface area contributed by atoms with Crippen LogP contribution in [0.15, 0.2) is 47.2 Å². The SMILES string of the molecule is CNC1(C(N)=O)CCN(c2nc3c(-c4cnc5ccccc5c4)cnn3c(N)c2Br)CC1. The minimum Gasteiger partial charge on any atom is -0.383 e. The molecule has 0 unspecified atom stereocenters. The molecule has 1 saturated heterocycles. The van der Waals surface area contributed by atoms with Gasteiger partial charge in [-0.25, -0.2) is 4.98 Å². The van der Waals surface area contributed by atoms with E-state index in [9.17, 15) is 4.79 Å². The Morgan fingerprint density at radius 3 is 2.69 bits per heavy atom. The Balaban J connectivity index is 1.57. The van der Waals surface area contributed by atoms with Crippen LogP contribution in [0.4, 0.5) is 11.6 Å². The van der Waals surface area contributed by atoms with Gasteiger partial charge in [-0.1, -0.05) is 18.2 Å². The van der Waals surface area contributed by atoms with Crippen LogP contribution in [-0.2, 0) is 4.79 Å². The van der Waals surface area contributed by atoms with Gasteiger partial charge in [-0.05, 0) is 48.0 Å². The number of hydrogen-bond acceptors (Lipinski definition) is 7. The number of nitrogens with one attached hydrogen (secondary N) is 1. The molecule has 5 N–H and O–H groups in total. The van der Waals surface area contributed by atoms with E-state index in [1.807, 2.05) is 30.5 Å². The molecule has 32 heavy (non-hydrogen) atoms. The molecule has 1 fully saturated rings. The van der Waals surface area contributed by atoms with E-state index in [1.54, 1.807) is 17.8 Å². The molecule has 0 atom stereocenters. The van der Waals surface area contributed by atoms with E-state index >= 15 is 0 Å². The average Bonchev–Trinajstić information content (AvgIpc) is 3.25. The number of piperidine rings is 1. The molecule has 0 spiro atoms. The highest BCUT2D eigenvalue weighted by Crippen LogP contribution is 2.36. The van der Waals surface area contributed by atoms with E-state index < -0.39 is 5.54 Å². The Morgan fingerprint density at radius 2 is 1.97 bits per heavy atom. The Hall–Kier alpha value is -3.24. The van der Waals surface area contributed by atoms with Crippen LogP contribution in [0.25, 0.3) is 27.7 Å². The van der Waals surface area contributed by atoms with E-state index in [4.69, 9.17) is 16.5 Å². The molecule has 0 saturated carbocycles. The smallest absolute Gasteiger partial charge is 0.237 e. The van der Waals surface area contributed by atoms with Crippen molar-refractivity contribution in [3.05, 3.63) is 47.2 Å². The highest BCUT2D eigenvalue weighted by Gasteiger charge is 2.39. The first-order valence-electron chi connectivity index (χ1n) is 10.4. The normalized spacial score (nSPS) is 16.0. The van der Waals surface area contributed by atoms with Crippen LogP contribution in [0, 0.1) is 0 Å². The molecule has 164 valence electrons. The number of pyridine rings is 1. The summed E-state index contributed by atoms with van der Waals surface area (Å²) in [4.78, 5) is 23.6. The van der Waals surface area contributed by atoms with Crippen LogP contribution >= 0.6 is 15.9 Å². The number of likely N-dealkylation sites (N-methyl/N-ethyl adjacent to an activating group) is 1. The first-order valence-corrected chi connectivity index (χ1v) is 11.1. The van der Waals surface area contributed by atoms with Crippen molar-refractivity contribution in [2.24, 2.45) is 5.73 Å². The number of primary amides is 1. The molecule has 0 bridgehead atoms. The standard InChI is InChI=1S/C22H23BrN8O/c1-26-22(21(25)32)6-8-30(9-7-22)20-17(23)18(24)31-19(29-20)15(12-28-31)14-10-13-4-2-3-5-16(13)27-11-14/h2-5,10-12,26H,6-9,24H2,1H3,(H2,25,32). The zero-order valence-corrected chi connectivity index (χ0v) is 19.1. The Morgan fingerprint density at radius 1 is 1.22 bits per heavy atom. The van der Waals surface area contributed by atoms with Gasteiger partial charge in [0.05, 0.1) is 11.7 Å². The number of rotatable bonds is 4. The third-order valence-corrected chi connectivity index (χ3v) is 7.13. The summed E-state index contributed by atoms with van der Waals surface area (Å²) in [6.07, 6.45) is 4.75. The van der Waals surface area contributed by atoms with Crippen LogP contribution in [0.2, 0.25) is 0 Å². The van der Waals surface area contributed by atoms with Gasteiger partial charge in [0.15, 0.2) is 5.65 Å². The lowest BCUT2D eigenvalue weighted by Gasteiger charge is -2.40. The van der Waals surface area contributed by atoms with Gasteiger partial charge in [-0.3, -0.25) is 9.78 Å². The van der Waals surface area contributed by atoms with Gasteiger partial charge in [0.2, 0.25) is 5.91 Å². The van der Waals surface area contributed by atoms with Gasteiger partial charge in [0.1, 0.15) is 21.6 Å². The van der Waals surface area contributed by atoms with Crippen LogP contribution in [-0.4, -0.2) is 51.2 Å². The number of para-hydroxylation sites is 1. The predicted molar refractivity (Wildman–Crippen MR) is 128 cm³/mol. The van der Waals surface area contributed by atoms with Gasteiger partial charge in [0, 0.05) is 35.8 Å². The predicted octanol–water partition coefficient (Wildman–Crippen LogP) is 2.33. The second-order valence-electron chi connectivity index (χ2n) is 8.03. The average molecular weight is 495 g/mol. The summed E-state index contributed by atoms with van der Waals surface area (Å²) >= 11 is 3.60. The molecule has 5 rings (SSSR count). The molecule has 1 aromatic carbocycles. The zero-order valence-electron chi connectivity index (χ0n) is 17.5. The highest BCUT2D eigenvalue weighted by molar-refractivity contribution is 9.10. The van der Waals surface area contributed by atoms with Crippen molar-refractivity contribution in [2.75, 3.05) is 30.8 Å². The van der Waals surface area contributed by atoms with E-state index in [2.05, 4.69) is 42.3 Å². The maximum Gasteiger partial charge on any atom is 0.237 e. The number of halogens is 1. The Kier molecular flexibility index (Phi) is 4.98. The van der Waals surface area contributed by atoms with Crippen LogP contribution in [0.5, 0.6) is 0 Å². The van der Waals surface area contributed by atoms with Crippen LogP contribution in [0.3, 0.4) is 0 Å². The minimum atomic E-state index is -0.697. The molecule has 1 amide bonds. The maximum absolute atomic E-state index is 12.0. The van der Waals surface area contributed by atoms with E-state index in [-0.39, 0.29) is 5.91 Å². The highest BCUT2D eigenvalue weighted by atomic mass is 79.9. The molecule has 0 radical (unpaired) electrons. The summed E-state index contributed by atoms with van der Waals surface area (Å²) in [5.74, 6) is 0.855. The molecule has 3 aromatic heterocycles. The van der Waals surface area contributed by atoms with Crippen molar-refractivity contribution in [2.45, 2.75) is 18.4 Å². The summed E-state index contributed by atoms with van der Waals surface area (Å²) < 4.78 is 2.30. The molecule has 4 aromatic rings. The van der Waals surface area contributed by atoms with Crippen molar-refractivity contribution in [3.8, 4) is 11.1 Å². The van der Waals surface area contributed by atoms with Gasteiger partial charge in [-0.15, -0.1) is 0 Å². The fraction of sp³-hybridized carbons (Fsp3) is 0.273. The van der Waals surface area contributed by atoms with Crippen molar-refractivity contribution < 1.29 is 4.79 Å². The number of carbonyl (C=O) groups is 1. The number of nitrogens with zero attached hydrogens (tertiary/aromatic N) is 5. The first kappa shape index (κ1) is 20.7. The van der Waals surface area contributed by atoms with Crippen molar-refractivity contribution in [3.63, 3.8) is 0 Å². The third-order valence-electron chi connectivity index (χ3n) is 6.37. The minimum absolute atomic E-state index is 0.330. The summed E-state index contributed by atoms with van der Waals surface area (Å²) in [7, 11) is 1.77.